The molecule has 0 saturated carbocycles. The number of anilines is 2. The van der Waals surface area contributed by atoms with Crippen LogP contribution in [0.25, 0.3) is 0 Å². The average Bonchev–Trinajstić information content (AvgIpc) is 2.67. The minimum absolute atomic E-state index is 0.0398. The summed E-state index contributed by atoms with van der Waals surface area (Å²) in [5, 5.41) is 15.7. The van der Waals surface area contributed by atoms with Gasteiger partial charge < -0.3 is 26.2 Å². The van der Waals surface area contributed by atoms with E-state index in [0.717, 1.165) is 30.5 Å². The second-order valence-electron chi connectivity index (χ2n) is 6.34. The normalized spacial score (nSPS) is 11.7. The number of amides is 1. The topological polar surface area (TPSA) is 110 Å². The number of hydrogen-bond acceptors (Lipinski definition) is 6. The number of carbonyl (C=O) groups excluding carboxylic acids is 1. The molecule has 0 aliphatic rings. The van der Waals surface area contributed by atoms with Crippen LogP contribution in [0.2, 0.25) is 0 Å². The first kappa shape index (κ1) is 20.7. The van der Waals surface area contributed by atoms with Crippen LogP contribution in [-0.2, 0) is 16.1 Å². The molecule has 27 heavy (non-hydrogen) atoms. The van der Waals surface area contributed by atoms with E-state index < -0.39 is 6.23 Å². The van der Waals surface area contributed by atoms with E-state index in [1.54, 1.807) is 12.4 Å². The first-order valence-corrected chi connectivity index (χ1v) is 9.17. The van der Waals surface area contributed by atoms with E-state index in [-0.39, 0.29) is 12.5 Å². The molecule has 7 heteroatoms. The van der Waals surface area contributed by atoms with Gasteiger partial charge in [-0.15, -0.1) is 0 Å². The summed E-state index contributed by atoms with van der Waals surface area (Å²) in [6, 6.07) is 11.1. The standard InChI is InChI=1S/C20H28N4O3/c21-17-9-7-16(8-10-17)14-27-15-20(26)23-12-3-1-2-6-19(25)24-18-5-4-11-22-13-18/h4-5,7-11,13,19,24-25H,1-3,6,12,14-15,21H2,(H,23,26). The molecule has 0 spiro atoms. The third-order valence-corrected chi connectivity index (χ3v) is 3.95. The van der Waals surface area contributed by atoms with E-state index in [0.29, 0.717) is 25.3 Å². The van der Waals surface area contributed by atoms with Crippen molar-refractivity contribution >= 4 is 17.3 Å². The number of pyridine rings is 1. The highest BCUT2D eigenvalue weighted by Crippen LogP contribution is 2.09. The molecule has 0 radical (unpaired) electrons. The molecule has 0 saturated heterocycles. The van der Waals surface area contributed by atoms with Crippen molar-refractivity contribution in [2.75, 3.05) is 24.2 Å². The van der Waals surface area contributed by atoms with Crippen LogP contribution in [0.3, 0.4) is 0 Å². The van der Waals surface area contributed by atoms with Crippen LogP contribution in [0, 0.1) is 0 Å². The molecule has 5 N–H and O–H groups in total. The molecule has 1 atom stereocenters. The third kappa shape index (κ3) is 9.03. The predicted molar refractivity (Wildman–Crippen MR) is 106 cm³/mol. The van der Waals surface area contributed by atoms with Crippen molar-refractivity contribution in [2.45, 2.75) is 38.5 Å². The third-order valence-electron chi connectivity index (χ3n) is 3.95. The number of hydrogen-bond donors (Lipinski definition) is 4. The molecule has 2 aromatic rings. The second kappa shape index (κ2) is 11.9. The van der Waals surface area contributed by atoms with Crippen molar-refractivity contribution < 1.29 is 14.6 Å². The number of nitrogen functional groups attached to an aromatic ring is 1. The summed E-state index contributed by atoms with van der Waals surface area (Å²) in [5.74, 6) is -0.122. The molecule has 0 aliphatic carbocycles. The summed E-state index contributed by atoms with van der Waals surface area (Å²) >= 11 is 0. The van der Waals surface area contributed by atoms with Crippen LogP contribution in [0.1, 0.15) is 31.2 Å². The molecule has 2 rings (SSSR count). The number of ether oxygens (including phenoxy) is 1. The van der Waals surface area contributed by atoms with E-state index in [4.69, 9.17) is 10.5 Å². The fourth-order valence-electron chi connectivity index (χ4n) is 2.51. The van der Waals surface area contributed by atoms with Gasteiger partial charge in [0.1, 0.15) is 12.8 Å². The molecule has 1 heterocycles. The van der Waals surface area contributed by atoms with Crippen molar-refractivity contribution in [2.24, 2.45) is 0 Å². The number of nitrogens with one attached hydrogen (secondary N) is 2. The van der Waals surface area contributed by atoms with Gasteiger partial charge in [-0.05, 0) is 49.1 Å². The van der Waals surface area contributed by atoms with Crippen molar-refractivity contribution in [3.05, 3.63) is 54.4 Å². The Bertz CT molecular complexity index is 665. The largest absolute Gasteiger partial charge is 0.399 e. The lowest BCUT2D eigenvalue weighted by molar-refractivity contribution is -0.126. The molecular weight excluding hydrogens is 344 g/mol. The van der Waals surface area contributed by atoms with Crippen LogP contribution >= 0.6 is 0 Å². The average molecular weight is 372 g/mol. The molecule has 7 nitrogen and oxygen atoms in total. The van der Waals surface area contributed by atoms with E-state index in [1.165, 1.54) is 0 Å². The van der Waals surface area contributed by atoms with Crippen molar-refractivity contribution in [3.8, 4) is 0 Å². The predicted octanol–water partition coefficient (Wildman–Crippen LogP) is 2.29. The number of aliphatic hydroxyl groups is 1. The van der Waals surface area contributed by atoms with Crippen molar-refractivity contribution in [1.82, 2.24) is 10.3 Å². The zero-order valence-corrected chi connectivity index (χ0v) is 15.4. The number of aromatic nitrogens is 1. The minimum atomic E-state index is -0.592. The van der Waals surface area contributed by atoms with E-state index in [2.05, 4.69) is 15.6 Å². The van der Waals surface area contributed by atoms with E-state index in [1.807, 2.05) is 36.4 Å². The van der Waals surface area contributed by atoms with Gasteiger partial charge in [-0.25, -0.2) is 0 Å². The van der Waals surface area contributed by atoms with Crippen LogP contribution in [-0.4, -0.2) is 35.4 Å². The van der Waals surface area contributed by atoms with E-state index >= 15 is 0 Å². The number of benzene rings is 1. The molecule has 146 valence electrons. The minimum Gasteiger partial charge on any atom is -0.399 e. The van der Waals surface area contributed by atoms with Gasteiger partial charge in [-0.2, -0.15) is 0 Å². The zero-order valence-electron chi connectivity index (χ0n) is 15.4. The number of nitrogens with zero attached hydrogens (tertiary/aromatic N) is 1. The van der Waals surface area contributed by atoms with Crippen LogP contribution in [0.5, 0.6) is 0 Å². The molecule has 0 aliphatic heterocycles. The summed E-state index contributed by atoms with van der Waals surface area (Å²) in [7, 11) is 0. The summed E-state index contributed by atoms with van der Waals surface area (Å²) in [6.07, 6.45) is 6.08. The van der Waals surface area contributed by atoms with Crippen LogP contribution in [0.15, 0.2) is 48.8 Å². The Morgan fingerprint density at radius 2 is 2.00 bits per heavy atom. The summed E-state index contributed by atoms with van der Waals surface area (Å²) in [6.45, 7) is 1.03. The zero-order chi connectivity index (χ0) is 19.3. The Morgan fingerprint density at radius 3 is 2.74 bits per heavy atom. The molecule has 0 fully saturated rings. The second-order valence-corrected chi connectivity index (χ2v) is 6.34. The Hall–Kier alpha value is -2.64. The van der Waals surface area contributed by atoms with Gasteiger partial charge in [-0.1, -0.05) is 18.6 Å². The highest BCUT2D eigenvalue weighted by molar-refractivity contribution is 5.77. The molecule has 1 amide bonds. The fraction of sp³-hybridized carbons (Fsp3) is 0.400. The first-order chi connectivity index (χ1) is 13.1. The van der Waals surface area contributed by atoms with Gasteiger partial charge in [0.25, 0.3) is 0 Å². The SMILES string of the molecule is Nc1ccc(COCC(=O)NCCCCCC(O)Nc2cccnc2)cc1. The Morgan fingerprint density at radius 1 is 1.19 bits per heavy atom. The maximum absolute atomic E-state index is 11.7. The van der Waals surface area contributed by atoms with Gasteiger partial charge >= 0.3 is 0 Å². The van der Waals surface area contributed by atoms with Gasteiger partial charge in [0.2, 0.25) is 5.91 Å². The molecule has 1 aromatic heterocycles. The summed E-state index contributed by atoms with van der Waals surface area (Å²) in [4.78, 5) is 15.7. The lowest BCUT2D eigenvalue weighted by atomic mass is 10.1. The molecule has 1 unspecified atom stereocenters. The Labute approximate surface area is 160 Å². The molecule has 0 bridgehead atoms. The maximum Gasteiger partial charge on any atom is 0.246 e. The molecule has 1 aromatic carbocycles. The number of nitrogens with two attached hydrogens (primary N) is 1. The smallest absolute Gasteiger partial charge is 0.246 e. The Balaban J connectivity index is 1.45. The number of carbonyl (C=O) groups is 1. The fourth-order valence-corrected chi connectivity index (χ4v) is 2.51. The highest BCUT2D eigenvalue weighted by atomic mass is 16.5. The van der Waals surface area contributed by atoms with E-state index in [9.17, 15) is 9.90 Å². The lowest BCUT2D eigenvalue weighted by Gasteiger charge is -2.13. The van der Waals surface area contributed by atoms with Gasteiger partial charge in [0, 0.05) is 24.6 Å². The quantitative estimate of drug-likeness (QED) is 0.259. The van der Waals surface area contributed by atoms with Crippen LogP contribution < -0.4 is 16.4 Å². The monoisotopic (exact) mass is 372 g/mol. The maximum atomic E-state index is 11.7. The van der Waals surface area contributed by atoms with Crippen LogP contribution in [0.4, 0.5) is 11.4 Å². The first-order valence-electron chi connectivity index (χ1n) is 9.17. The van der Waals surface area contributed by atoms with Crippen molar-refractivity contribution in [1.29, 1.82) is 0 Å². The lowest BCUT2D eigenvalue weighted by Crippen LogP contribution is -2.28. The van der Waals surface area contributed by atoms with Gasteiger partial charge in [0.15, 0.2) is 0 Å². The van der Waals surface area contributed by atoms with Gasteiger partial charge in [-0.3, -0.25) is 9.78 Å². The Kier molecular flexibility index (Phi) is 9.09. The van der Waals surface area contributed by atoms with Gasteiger partial charge in [0.05, 0.1) is 12.3 Å². The summed E-state index contributed by atoms with van der Waals surface area (Å²) < 4.78 is 5.39. The number of aliphatic hydroxyl groups excluding tert-OH is 1. The highest BCUT2D eigenvalue weighted by Gasteiger charge is 2.04. The van der Waals surface area contributed by atoms with Crippen molar-refractivity contribution in [3.63, 3.8) is 0 Å². The number of unbranched alkanes of at least 4 members (excludes halogenated alkanes) is 2. The number of rotatable bonds is 12. The summed E-state index contributed by atoms with van der Waals surface area (Å²) in [5.41, 5.74) is 8.11. The molecular formula is C20H28N4O3.